The quantitative estimate of drug-likeness (QED) is 0.658. The van der Waals surface area contributed by atoms with Crippen LogP contribution in [0.25, 0.3) is 11.5 Å². The number of esters is 2. The lowest BCUT2D eigenvalue weighted by Crippen LogP contribution is -2.50. The maximum absolute atomic E-state index is 12.5. The van der Waals surface area contributed by atoms with Gasteiger partial charge in [-0.05, 0) is 38.3 Å². The van der Waals surface area contributed by atoms with Crippen LogP contribution in [-0.4, -0.2) is 53.5 Å². The smallest absolute Gasteiger partial charge is 0.328 e. The molecule has 3 rings (SSSR count). The van der Waals surface area contributed by atoms with Gasteiger partial charge in [-0.25, -0.2) is 9.78 Å². The summed E-state index contributed by atoms with van der Waals surface area (Å²) < 4.78 is 15.5. The number of rotatable bonds is 7. The minimum atomic E-state index is -0.612. The van der Waals surface area contributed by atoms with Crippen LogP contribution in [0.4, 0.5) is 0 Å². The van der Waals surface area contributed by atoms with Crippen molar-refractivity contribution in [3.63, 3.8) is 0 Å². The summed E-state index contributed by atoms with van der Waals surface area (Å²) in [6, 6.07) is 8.71. The van der Waals surface area contributed by atoms with Gasteiger partial charge in [0.25, 0.3) is 5.91 Å². The van der Waals surface area contributed by atoms with E-state index in [4.69, 9.17) is 13.9 Å². The number of benzene rings is 1. The molecule has 1 aromatic heterocycles. The highest BCUT2D eigenvalue weighted by molar-refractivity contribution is 5.86. The predicted octanol–water partition coefficient (Wildman–Crippen LogP) is 2.37. The normalized spacial score (nSPS) is 16.3. The minimum Gasteiger partial charge on any atom is -0.464 e. The van der Waals surface area contributed by atoms with Gasteiger partial charge >= 0.3 is 11.9 Å². The fourth-order valence-corrected chi connectivity index (χ4v) is 3.24. The summed E-state index contributed by atoms with van der Waals surface area (Å²) in [6.07, 6.45) is 3.50. The number of hydrogen-bond donors (Lipinski definition) is 0. The molecule has 0 spiro atoms. The van der Waals surface area contributed by atoms with E-state index in [1.807, 2.05) is 30.3 Å². The molecule has 1 fully saturated rings. The average Bonchev–Trinajstić information content (AvgIpc) is 3.21. The molecule has 2 heterocycles. The van der Waals surface area contributed by atoms with Crippen molar-refractivity contribution >= 4 is 17.8 Å². The van der Waals surface area contributed by atoms with E-state index in [-0.39, 0.29) is 13.0 Å². The molecule has 0 aliphatic carbocycles. The van der Waals surface area contributed by atoms with Crippen LogP contribution in [0.2, 0.25) is 0 Å². The summed E-state index contributed by atoms with van der Waals surface area (Å²) in [4.78, 5) is 42.3. The van der Waals surface area contributed by atoms with Gasteiger partial charge in [-0.3, -0.25) is 9.59 Å². The molecule has 0 saturated carbocycles. The predicted molar refractivity (Wildman–Crippen MR) is 103 cm³/mol. The van der Waals surface area contributed by atoms with Crippen LogP contribution in [0.5, 0.6) is 0 Å². The third-order valence-electron chi connectivity index (χ3n) is 4.64. The molecule has 1 unspecified atom stereocenters. The maximum Gasteiger partial charge on any atom is 0.328 e. The van der Waals surface area contributed by atoms with E-state index in [0.29, 0.717) is 24.6 Å². The maximum atomic E-state index is 12.5. The molecule has 0 bridgehead atoms. The molecule has 1 aliphatic heterocycles. The van der Waals surface area contributed by atoms with Gasteiger partial charge in [-0.1, -0.05) is 18.2 Å². The largest absolute Gasteiger partial charge is 0.464 e. The van der Waals surface area contributed by atoms with Crippen LogP contribution in [0, 0.1) is 0 Å². The number of ether oxygens (including phenoxy) is 2. The molecule has 1 saturated heterocycles. The summed E-state index contributed by atoms with van der Waals surface area (Å²) >= 11 is 0. The molecular weight excluding hydrogens is 376 g/mol. The number of nitrogens with zero attached hydrogens (tertiary/aromatic N) is 2. The number of oxazole rings is 1. The molecule has 1 aromatic carbocycles. The first-order valence-corrected chi connectivity index (χ1v) is 9.70. The van der Waals surface area contributed by atoms with E-state index in [1.165, 1.54) is 11.2 Å². The lowest BCUT2D eigenvalue weighted by molar-refractivity contribution is -0.160. The molecule has 29 heavy (non-hydrogen) atoms. The standard InChI is InChI=1S/C21H24N2O6/c1-2-27-21(26)17-10-6-7-11-23(17)18(24)14-28-19(25)12-16-13-29-20(22-16)15-8-4-3-5-9-15/h3-5,8-9,13,17H,2,6-7,10-12,14H2,1H3. The number of carbonyl (C=O) groups is 3. The van der Waals surface area contributed by atoms with Gasteiger partial charge in [0.1, 0.15) is 12.3 Å². The zero-order chi connectivity index (χ0) is 20.6. The van der Waals surface area contributed by atoms with Crippen molar-refractivity contribution in [2.45, 2.75) is 38.6 Å². The molecular formula is C21H24N2O6. The number of carbonyl (C=O) groups excluding carboxylic acids is 3. The van der Waals surface area contributed by atoms with Crippen LogP contribution in [-0.2, 0) is 30.3 Å². The molecule has 0 radical (unpaired) electrons. The van der Waals surface area contributed by atoms with Crippen molar-refractivity contribution in [1.82, 2.24) is 9.88 Å². The van der Waals surface area contributed by atoms with Crippen molar-refractivity contribution in [2.24, 2.45) is 0 Å². The monoisotopic (exact) mass is 400 g/mol. The number of likely N-dealkylation sites (tertiary alicyclic amines) is 1. The van der Waals surface area contributed by atoms with Crippen LogP contribution in [0.15, 0.2) is 41.0 Å². The Morgan fingerprint density at radius 3 is 2.72 bits per heavy atom. The van der Waals surface area contributed by atoms with Crippen LogP contribution in [0.3, 0.4) is 0 Å². The number of piperidine rings is 1. The minimum absolute atomic E-state index is 0.106. The molecule has 2 aromatic rings. The lowest BCUT2D eigenvalue weighted by atomic mass is 10.0. The molecule has 1 aliphatic rings. The summed E-state index contributed by atoms with van der Waals surface area (Å²) in [5.41, 5.74) is 1.22. The Bertz CT molecular complexity index is 848. The lowest BCUT2D eigenvalue weighted by Gasteiger charge is -2.33. The zero-order valence-electron chi connectivity index (χ0n) is 16.3. The second kappa shape index (κ2) is 9.86. The second-order valence-electron chi connectivity index (χ2n) is 6.70. The first kappa shape index (κ1) is 20.6. The molecule has 154 valence electrons. The van der Waals surface area contributed by atoms with E-state index in [0.717, 1.165) is 18.4 Å². The van der Waals surface area contributed by atoms with E-state index < -0.39 is 30.5 Å². The topological polar surface area (TPSA) is 98.9 Å². The average molecular weight is 400 g/mol. The summed E-state index contributed by atoms with van der Waals surface area (Å²) in [6.45, 7) is 2.01. The molecule has 1 amide bonds. The first-order valence-electron chi connectivity index (χ1n) is 9.70. The van der Waals surface area contributed by atoms with Gasteiger partial charge in [0.2, 0.25) is 5.89 Å². The fourth-order valence-electron chi connectivity index (χ4n) is 3.24. The van der Waals surface area contributed by atoms with Crippen molar-refractivity contribution < 1.29 is 28.3 Å². The Hall–Kier alpha value is -3.16. The van der Waals surface area contributed by atoms with Crippen LogP contribution < -0.4 is 0 Å². The molecule has 8 nitrogen and oxygen atoms in total. The highest BCUT2D eigenvalue weighted by atomic mass is 16.5. The number of amides is 1. The van der Waals surface area contributed by atoms with Crippen molar-refractivity contribution in [2.75, 3.05) is 19.8 Å². The van der Waals surface area contributed by atoms with Gasteiger partial charge in [-0.15, -0.1) is 0 Å². The van der Waals surface area contributed by atoms with Gasteiger partial charge in [0, 0.05) is 12.1 Å². The van der Waals surface area contributed by atoms with Crippen LogP contribution in [0.1, 0.15) is 31.9 Å². The third kappa shape index (κ3) is 5.43. The van der Waals surface area contributed by atoms with Crippen molar-refractivity contribution in [1.29, 1.82) is 0 Å². The summed E-state index contributed by atoms with van der Waals surface area (Å²) in [5, 5.41) is 0. The molecule has 1 atom stereocenters. The highest BCUT2D eigenvalue weighted by Gasteiger charge is 2.33. The van der Waals surface area contributed by atoms with Gasteiger partial charge in [0.05, 0.1) is 18.7 Å². The van der Waals surface area contributed by atoms with Gasteiger partial charge in [0.15, 0.2) is 6.61 Å². The SMILES string of the molecule is CCOC(=O)C1CCCCN1C(=O)COC(=O)Cc1coc(-c2ccccc2)n1. The fraction of sp³-hybridized carbons (Fsp3) is 0.429. The van der Waals surface area contributed by atoms with Crippen molar-refractivity contribution in [3.8, 4) is 11.5 Å². The van der Waals surface area contributed by atoms with E-state index in [9.17, 15) is 14.4 Å². The Morgan fingerprint density at radius 2 is 1.97 bits per heavy atom. The number of aromatic nitrogens is 1. The zero-order valence-corrected chi connectivity index (χ0v) is 16.3. The summed E-state index contributed by atoms with van der Waals surface area (Å²) in [5.74, 6) is -0.991. The van der Waals surface area contributed by atoms with E-state index in [2.05, 4.69) is 4.98 Å². The second-order valence-corrected chi connectivity index (χ2v) is 6.70. The van der Waals surface area contributed by atoms with Gasteiger partial charge in [-0.2, -0.15) is 0 Å². The summed E-state index contributed by atoms with van der Waals surface area (Å²) in [7, 11) is 0. The third-order valence-corrected chi connectivity index (χ3v) is 4.64. The van der Waals surface area contributed by atoms with E-state index in [1.54, 1.807) is 6.92 Å². The van der Waals surface area contributed by atoms with Crippen molar-refractivity contribution in [3.05, 3.63) is 42.3 Å². The van der Waals surface area contributed by atoms with E-state index >= 15 is 0 Å². The molecule has 0 N–H and O–H groups in total. The Balaban J connectivity index is 1.51. The Labute approximate surface area is 168 Å². The van der Waals surface area contributed by atoms with Gasteiger partial charge < -0.3 is 18.8 Å². The molecule has 8 heteroatoms. The van der Waals surface area contributed by atoms with Crippen LogP contribution >= 0.6 is 0 Å². The Kier molecular flexibility index (Phi) is 6.99. The first-order chi connectivity index (χ1) is 14.1. The number of hydrogen-bond acceptors (Lipinski definition) is 7. The Morgan fingerprint density at radius 1 is 1.17 bits per heavy atom. The highest BCUT2D eigenvalue weighted by Crippen LogP contribution is 2.20.